The number of piperazine rings is 2. The minimum atomic E-state index is -0.261. The molecule has 1 aromatic rings. The summed E-state index contributed by atoms with van der Waals surface area (Å²) in [4.78, 5) is 39.5. The highest BCUT2D eigenvalue weighted by molar-refractivity contribution is 5.90. The third kappa shape index (κ3) is 4.32. The number of nitrogens with zero attached hydrogens (tertiary/aromatic N) is 2. The predicted octanol–water partition coefficient (Wildman–Crippen LogP) is 0.0565. The summed E-state index contributed by atoms with van der Waals surface area (Å²) in [5.41, 5.74) is 0.690. The third-order valence-electron chi connectivity index (χ3n) is 4.67. The number of ether oxygens (including phenoxy) is 1. The molecule has 2 saturated heterocycles. The van der Waals surface area contributed by atoms with E-state index in [0.717, 1.165) is 6.54 Å². The molecule has 1 aromatic carbocycles. The zero-order valence-electron chi connectivity index (χ0n) is 14.9. The van der Waals surface area contributed by atoms with Gasteiger partial charge in [-0.3, -0.25) is 19.3 Å². The first kappa shape index (κ1) is 18.2. The van der Waals surface area contributed by atoms with Crippen LogP contribution < -0.4 is 15.4 Å². The maximum absolute atomic E-state index is 12.4. The maximum atomic E-state index is 12.4. The van der Waals surface area contributed by atoms with Gasteiger partial charge in [-0.2, -0.15) is 0 Å². The van der Waals surface area contributed by atoms with Crippen molar-refractivity contribution >= 4 is 23.4 Å². The molecule has 3 amide bonds. The van der Waals surface area contributed by atoms with Gasteiger partial charge in [0.15, 0.2) is 6.61 Å². The average Bonchev–Trinajstić information content (AvgIpc) is 2.67. The molecule has 2 aliphatic rings. The Morgan fingerprint density at radius 2 is 2.00 bits per heavy atom. The number of carbonyl (C=O) groups excluding carboxylic acids is 3. The monoisotopic (exact) mass is 360 g/mol. The molecule has 140 valence electrons. The second kappa shape index (κ2) is 8.18. The fourth-order valence-corrected chi connectivity index (χ4v) is 3.12. The van der Waals surface area contributed by atoms with Crippen molar-refractivity contribution in [2.75, 3.05) is 44.6 Å². The first-order valence-electron chi connectivity index (χ1n) is 8.89. The van der Waals surface area contributed by atoms with Crippen LogP contribution in [0, 0.1) is 0 Å². The molecule has 2 fully saturated rings. The first-order chi connectivity index (χ1) is 12.6. The Bertz CT molecular complexity index is 676. The standard InChI is InChI=1S/C18H24N4O4/c1-2-16(23)20-13-3-5-14(6-4-13)26-12-17(24)22-10-9-21-8-7-19-18(25)15(21)11-22/h3-6,15H,2,7-12H2,1H3,(H,19,25)(H,20,23). The Morgan fingerprint density at radius 1 is 1.23 bits per heavy atom. The van der Waals surface area contributed by atoms with Crippen LogP contribution in [0.4, 0.5) is 5.69 Å². The van der Waals surface area contributed by atoms with Crippen LogP contribution in [-0.2, 0) is 14.4 Å². The third-order valence-corrected chi connectivity index (χ3v) is 4.67. The molecule has 3 rings (SSSR count). The Labute approximate surface area is 152 Å². The summed E-state index contributed by atoms with van der Waals surface area (Å²) in [6, 6.07) is 6.63. The van der Waals surface area contributed by atoms with Crippen molar-refractivity contribution in [3.05, 3.63) is 24.3 Å². The van der Waals surface area contributed by atoms with E-state index in [1.165, 1.54) is 0 Å². The van der Waals surface area contributed by atoms with E-state index in [4.69, 9.17) is 4.74 Å². The lowest BCUT2D eigenvalue weighted by molar-refractivity contribution is -0.141. The molecule has 2 N–H and O–H groups in total. The molecule has 26 heavy (non-hydrogen) atoms. The van der Waals surface area contributed by atoms with Crippen LogP contribution in [0.3, 0.4) is 0 Å². The SMILES string of the molecule is CCC(=O)Nc1ccc(OCC(=O)N2CCN3CCNC(=O)C3C2)cc1. The van der Waals surface area contributed by atoms with Gasteiger partial charge in [-0.15, -0.1) is 0 Å². The van der Waals surface area contributed by atoms with E-state index in [1.807, 2.05) is 0 Å². The van der Waals surface area contributed by atoms with Crippen molar-refractivity contribution in [1.82, 2.24) is 15.1 Å². The van der Waals surface area contributed by atoms with Gasteiger partial charge in [0.2, 0.25) is 11.8 Å². The van der Waals surface area contributed by atoms with Gasteiger partial charge in [0.25, 0.3) is 5.91 Å². The summed E-state index contributed by atoms with van der Waals surface area (Å²) in [6.07, 6.45) is 0.416. The van der Waals surface area contributed by atoms with Crippen molar-refractivity contribution in [1.29, 1.82) is 0 Å². The molecule has 1 atom stereocenters. The summed E-state index contributed by atoms with van der Waals surface area (Å²) in [6.45, 7) is 4.92. The molecular formula is C18H24N4O4. The number of rotatable bonds is 5. The van der Waals surface area contributed by atoms with Crippen LogP contribution in [0.5, 0.6) is 5.75 Å². The number of benzene rings is 1. The van der Waals surface area contributed by atoms with Gasteiger partial charge in [-0.1, -0.05) is 6.92 Å². The topological polar surface area (TPSA) is 91.0 Å². The van der Waals surface area contributed by atoms with E-state index < -0.39 is 0 Å². The van der Waals surface area contributed by atoms with Crippen LogP contribution in [-0.4, -0.2) is 72.9 Å². The second-order valence-electron chi connectivity index (χ2n) is 6.40. The zero-order chi connectivity index (χ0) is 18.5. The highest BCUT2D eigenvalue weighted by Gasteiger charge is 2.36. The van der Waals surface area contributed by atoms with Crippen LogP contribution in [0.2, 0.25) is 0 Å². The smallest absolute Gasteiger partial charge is 0.260 e. The molecule has 0 aromatic heterocycles. The quantitative estimate of drug-likeness (QED) is 0.775. The summed E-state index contributed by atoms with van der Waals surface area (Å²) < 4.78 is 5.55. The van der Waals surface area contributed by atoms with Gasteiger partial charge < -0.3 is 20.3 Å². The average molecular weight is 360 g/mol. The van der Waals surface area contributed by atoms with Gasteiger partial charge in [0.1, 0.15) is 11.8 Å². The van der Waals surface area contributed by atoms with Crippen molar-refractivity contribution in [3.8, 4) is 5.75 Å². The van der Waals surface area contributed by atoms with Crippen molar-refractivity contribution in [2.24, 2.45) is 0 Å². The fraction of sp³-hybridized carbons (Fsp3) is 0.500. The minimum absolute atomic E-state index is 0.0145. The molecule has 0 aliphatic carbocycles. The Morgan fingerprint density at radius 3 is 2.73 bits per heavy atom. The molecule has 1 unspecified atom stereocenters. The number of fused-ring (bicyclic) bond motifs is 1. The second-order valence-corrected chi connectivity index (χ2v) is 6.40. The first-order valence-corrected chi connectivity index (χ1v) is 8.89. The largest absolute Gasteiger partial charge is 0.484 e. The summed E-state index contributed by atoms with van der Waals surface area (Å²) in [5, 5.41) is 5.60. The highest BCUT2D eigenvalue weighted by Crippen LogP contribution is 2.17. The summed E-state index contributed by atoms with van der Waals surface area (Å²) >= 11 is 0. The Balaban J connectivity index is 1.49. The van der Waals surface area contributed by atoms with E-state index in [1.54, 1.807) is 36.1 Å². The number of amides is 3. The van der Waals surface area contributed by atoms with Gasteiger partial charge in [-0.05, 0) is 24.3 Å². The summed E-state index contributed by atoms with van der Waals surface area (Å²) in [5.74, 6) is 0.354. The molecule has 0 bridgehead atoms. The molecule has 8 nitrogen and oxygen atoms in total. The van der Waals surface area contributed by atoms with E-state index in [-0.39, 0.29) is 30.4 Å². The number of carbonyl (C=O) groups is 3. The molecule has 0 saturated carbocycles. The maximum Gasteiger partial charge on any atom is 0.260 e. The van der Waals surface area contributed by atoms with E-state index in [2.05, 4.69) is 15.5 Å². The van der Waals surface area contributed by atoms with Crippen LogP contribution in [0.25, 0.3) is 0 Å². The molecule has 2 heterocycles. The lowest BCUT2D eigenvalue weighted by atomic mass is 10.1. The molecule has 8 heteroatoms. The number of hydrogen-bond acceptors (Lipinski definition) is 5. The fourth-order valence-electron chi connectivity index (χ4n) is 3.12. The number of nitrogens with one attached hydrogen (secondary N) is 2. The van der Waals surface area contributed by atoms with Gasteiger partial charge in [-0.25, -0.2) is 0 Å². The van der Waals surface area contributed by atoms with E-state index in [0.29, 0.717) is 44.0 Å². The van der Waals surface area contributed by atoms with Gasteiger partial charge >= 0.3 is 0 Å². The highest BCUT2D eigenvalue weighted by atomic mass is 16.5. The van der Waals surface area contributed by atoms with Crippen LogP contribution >= 0.6 is 0 Å². The van der Waals surface area contributed by atoms with Crippen molar-refractivity contribution < 1.29 is 19.1 Å². The minimum Gasteiger partial charge on any atom is -0.484 e. The normalized spacial score (nSPS) is 20.1. The Hall–Kier alpha value is -2.61. The molecule has 0 radical (unpaired) electrons. The lowest BCUT2D eigenvalue weighted by Crippen LogP contribution is -2.64. The predicted molar refractivity (Wildman–Crippen MR) is 95.8 cm³/mol. The van der Waals surface area contributed by atoms with Gasteiger partial charge in [0.05, 0.1) is 0 Å². The summed E-state index contributed by atoms with van der Waals surface area (Å²) in [7, 11) is 0. The number of anilines is 1. The molecular weight excluding hydrogens is 336 g/mol. The van der Waals surface area contributed by atoms with Crippen LogP contribution in [0.1, 0.15) is 13.3 Å². The molecule has 2 aliphatic heterocycles. The van der Waals surface area contributed by atoms with E-state index in [9.17, 15) is 14.4 Å². The molecule has 0 spiro atoms. The Kier molecular flexibility index (Phi) is 5.72. The lowest BCUT2D eigenvalue weighted by Gasteiger charge is -2.42. The van der Waals surface area contributed by atoms with Gasteiger partial charge in [0, 0.05) is 44.8 Å². The number of hydrogen-bond donors (Lipinski definition) is 2. The zero-order valence-corrected chi connectivity index (χ0v) is 14.9. The van der Waals surface area contributed by atoms with Crippen molar-refractivity contribution in [3.63, 3.8) is 0 Å². The van der Waals surface area contributed by atoms with E-state index >= 15 is 0 Å². The van der Waals surface area contributed by atoms with Crippen LogP contribution in [0.15, 0.2) is 24.3 Å². The van der Waals surface area contributed by atoms with Crippen molar-refractivity contribution in [2.45, 2.75) is 19.4 Å².